The maximum atomic E-state index is 13.4. The second-order valence-electron chi connectivity index (χ2n) is 7.50. The molecule has 3 aromatic rings. The Hall–Kier alpha value is -2.99. The molecule has 1 heterocycles. The van der Waals surface area contributed by atoms with Crippen LogP contribution in [0.1, 0.15) is 15.9 Å². The second-order valence-corrected chi connectivity index (χ2v) is 9.51. The summed E-state index contributed by atoms with van der Waals surface area (Å²) in [5.41, 5.74) is 1.62. The van der Waals surface area contributed by atoms with Crippen LogP contribution in [0, 0.1) is 5.82 Å². The zero-order chi connectivity index (χ0) is 24.3. The summed E-state index contributed by atoms with van der Waals surface area (Å²) < 4.78 is 44.9. The van der Waals surface area contributed by atoms with Crippen LogP contribution in [0.3, 0.4) is 0 Å². The van der Waals surface area contributed by atoms with E-state index in [1.807, 2.05) is 0 Å². The summed E-state index contributed by atoms with van der Waals surface area (Å²) in [5.74, 6) is -0.685. The van der Waals surface area contributed by atoms with Crippen LogP contribution in [-0.2, 0) is 16.4 Å². The van der Waals surface area contributed by atoms with Crippen LogP contribution in [0.25, 0.3) is 22.3 Å². The first kappa shape index (κ1) is 24.6. The highest BCUT2D eigenvalue weighted by Gasteiger charge is 2.26. The first-order valence-electron chi connectivity index (χ1n) is 10.1. The number of fused-ring (bicyclic) bond motifs is 1. The molecule has 3 rings (SSSR count). The van der Waals surface area contributed by atoms with E-state index in [1.165, 1.54) is 44.4 Å². The van der Waals surface area contributed by atoms with Crippen molar-refractivity contribution in [1.29, 1.82) is 0 Å². The predicted molar refractivity (Wildman–Crippen MR) is 123 cm³/mol. The van der Waals surface area contributed by atoms with E-state index < -0.39 is 28.0 Å². The normalized spacial score (nSPS) is 12.7. The van der Waals surface area contributed by atoms with Crippen LogP contribution < -0.4 is 14.9 Å². The average Bonchev–Trinajstić information content (AvgIpc) is 3.14. The van der Waals surface area contributed by atoms with Crippen molar-refractivity contribution in [3.63, 3.8) is 0 Å². The maximum absolute atomic E-state index is 13.4. The third kappa shape index (κ3) is 5.33. The molecule has 9 nitrogen and oxygen atoms in total. The van der Waals surface area contributed by atoms with Crippen LogP contribution >= 0.6 is 0 Å². The minimum atomic E-state index is -3.65. The first-order chi connectivity index (χ1) is 15.6. The summed E-state index contributed by atoms with van der Waals surface area (Å²) in [6.45, 7) is -0.0413. The lowest BCUT2D eigenvalue weighted by molar-refractivity contribution is 0.0964. The number of carbonyl (C=O) groups excluding carboxylic acids is 1. The monoisotopic (exact) mass is 479 g/mol. The van der Waals surface area contributed by atoms with E-state index in [2.05, 4.69) is 10.6 Å². The van der Waals surface area contributed by atoms with Crippen molar-refractivity contribution in [2.75, 3.05) is 37.8 Å². The topological polar surface area (TPSA) is 132 Å². The number of amides is 1. The van der Waals surface area contributed by atoms with E-state index >= 15 is 0 Å². The molecular weight excluding hydrogens is 453 g/mol. The minimum absolute atomic E-state index is 0.00458. The van der Waals surface area contributed by atoms with Crippen molar-refractivity contribution in [2.24, 2.45) is 0 Å². The van der Waals surface area contributed by atoms with E-state index in [1.54, 1.807) is 6.07 Å². The summed E-state index contributed by atoms with van der Waals surface area (Å²) >= 11 is 0. The Bertz CT molecular complexity index is 1260. The Balaban J connectivity index is 2.26. The summed E-state index contributed by atoms with van der Waals surface area (Å²) in [4.78, 5) is 12.8. The van der Waals surface area contributed by atoms with Crippen molar-refractivity contribution < 1.29 is 32.2 Å². The number of aliphatic hydroxyl groups is 2. The molecule has 0 saturated carbocycles. The number of aliphatic hydroxyl groups excluding tert-OH is 2. The van der Waals surface area contributed by atoms with Gasteiger partial charge in [0.05, 0.1) is 24.1 Å². The molecule has 0 fully saturated rings. The van der Waals surface area contributed by atoms with Crippen molar-refractivity contribution in [3.05, 3.63) is 53.3 Å². The molecule has 178 valence electrons. The van der Waals surface area contributed by atoms with Gasteiger partial charge in [0, 0.05) is 44.1 Å². The van der Waals surface area contributed by atoms with Gasteiger partial charge >= 0.3 is 0 Å². The second kappa shape index (κ2) is 9.87. The molecule has 0 spiro atoms. The lowest BCUT2D eigenvalue weighted by atomic mass is 10.0. The molecule has 2 aromatic carbocycles. The number of carbonyl (C=O) groups is 1. The lowest BCUT2D eigenvalue weighted by Crippen LogP contribution is -2.34. The number of anilines is 1. The van der Waals surface area contributed by atoms with E-state index in [9.17, 15) is 22.7 Å². The molecule has 0 aliphatic carbocycles. The number of hydrogen-bond acceptors (Lipinski definition) is 7. The molecule has 1 unspecified atom stereocenters. The SMILES string of the molecule is CNC(=O)c1c(-c2ccc(F)cc2)oc2cc(N(C)S(C)(=O)=O)c(CC(O)NCCO)cc12. The fourth-order valence-corrected chi connectivity index (χ4v) is 4.01. The lowest BCUT2D eigenvalue weighted by Gasteiger charge is -2.22. The number of benzene rings is 2. The van der Waals surface area contributed by atoms with E-state index in [0.717, 1.165) is 10.6 Å². The van der Waals surface area contributed by atoms with Crippen molar-refractivity contribution in [3.8, 4) is 11.3 Å². The molecule has 0 bridgehead atoms. The average molecular weight is 480 g/mol. The van der Waals surface area contributed by atoms with Crippen molar-refractivity contribution in [2.45, 2.75) is 12.6 Å². The summed E-state index contributed by atoms with van der Waals surface area (Å²) in [6.07, 6.45) is -0.0352. The number of halogens is 1. The Labute approximate surface area is 190 Å². The van der Waals surface area contributed by atoms with Gasteiger partial charge in [0.1, 0.15) is 23.4 Å². The smallest absolute Gasteiger partial charge is 0.255 e. The van der Waals surface area contributed by atoms with Gasteiger partial charge in [-0.1, -0.05) is 0 Å². The van der Waals surface area contributed by atoms with Crippen LogP contribution in [0.2, 0.25) is 0 Å². The Morgan fingerprint density at radius 1 is 1.24 bits per heavy atom. The van der Waals surface area contributed by atoms with Crippen LogP contribution in [0.15, 0.2) is 40.8 Å². The molecule has 0 saturated heterocycles. The van der Waals surface area contributed by atoms with Crippen molar-refractivity contribution in [1.82, 2.24) is 10.6 Å². The van der Waals surface area contributed by atoms with Gasteiger partial charge in [-0.2, -0.15) is 0 Å². The third-order valence-electron chi connectivity index (χ3n) is 5.19. The predicted octanol–water partition coefficient (Wildman–Crippen LogP) is 1.44. The first-order valence-corrected chi connectivity index (χ1v) is 11.9. The van der Waals surface area contributed by atoms with Crippen LogP contribution in [0.4, 0.5) is 10.1 Å². The van der Waals surface area contributed by atoms with Crippen LogP contribution in [-0.4, -0.2) is 64.3 Å². The van der Waals surface area contributed by atoms with E-state index in [4.69, 9.17) is 9.52 Å². The Morgan fingerprint density at radius 3 is 2.48 bits per heavy atom. The van der Waals surface area contributed by atoms with Gasteiger partial charge in [0.25, 0.3) is 5.91 Å². The van der Waals surface area contributed by atoms with Gasteiger partial charge in [-0.3, -0.25) is 14.4 Å². The number of rotatable bonds is 9. The van der Waals surface area contributed by atoms with Crippen LogP contribution in [0.5, 0.6) is 0 Å². The zero-order valence-corrected chi connectivity index (χ0v) is 19.2. The summed E-state index contributed by atoms with van der Waals surface area (Å²) in [6, 6.07) is 8.53. The molecule has 0 aliphatic heterocycles. The highest BCUT2D eigenvalue weighted by Crippen LogP contribution is 2.38. The number of nitrogens with one attached hydrogen (secondary N) is 2. The van der Waals surface area contributed by atoms with Gasteiger partial charge in [0.15, 0.2) is 0 Å². The van der Waals surface area contributed by atoms with E-state index in [0.29, 0.717) is 16.5 Å². The van der Waals surface area contributed by atoms with Crippen molar-refractivity contribution >= 4 is 32.6 Å². The summed E-state index contributed by atoms with van der Waals surface area (Å²) in [5, 5.41) is 25.0. The standard InChI is InChI=1S/C22H26FN3O6S/c1-24-22(29)20-16-10-14(11-19(28)25-8-9-27)17(26(2)33(3,30)31)12-18(16)32-21(20)13-4-6-15(23)7-5-13/h4-7,10,12,19,25,27-28H,8-9,11H2,1-3H3,(H,24,29). The number of nitrogens with zero attached hydrogens (tertiary/aromatic N) is 1. The molecule has 0 radical (unpaired) electrons. The highest BCUT2D eigenvalue weighted by atomic mass is 32.2. The molecule has 1 atom stereocenters. The molecule has 33 heavy (non-hydrogen) atoms. The minimum Gasteiger partial charge on any atom is -0.455 e. The number of sulfonamides is 1. The fourth-order valence-electron chi connectivity index (χ4n) is 3.48. The van der Waals surface area contributed by atoms with Gasteiger partial charge < -0.3 is 19.9 Å². The molecule has 1 amide bonds. The molecule has 0 aliphatic rings. The Morgan fingerprint density at radius 2 is 1.91 bits per heavy atom. The van der Waals surface area contributed by atoms with E-state index in [-0.39, 0.29) is 42.2 Å². The third-order valence-corrected chi connectivity index (χ3v) is 6.38. The molecule has 1 aromatic heterocycles. The largest absolute Gasteiger partial charge is 0.455 e. The maximum Gasteiger partial charge on any atom is 0.255 e. The number of furan rings is 1. The summed E-state index contributed by atoms with van der Waals surface area (Å²) in [7, 11) is -0.817. The van der Waals surface area contributed by atoms with Gasteiger partial charge in [0.2, 0.25) is 10.0 Å². The molecule has 4 N–H and O–H groups in total. The highest BCUT2D eigenvalue weighted by molar-refractivity contribution is 7.92. The molecule has 11 heteroatoms. The van der Waals surface area contributed by atoms with Gasteiger partial charge in [-0.05, 0) is 35.9 Å². The zero-order valence-electron chi connectivity index (χ0n) is 18.4. The quantitative estimate of drug-likeness (QED) is 0.342. The fraction of sp³-hybridized carbons (Fsp3) is 0.318. The van der Waals surface area contributed by atoms with Gasteiger partial charge in [-0.15, -0.1) is 0 Å². The van der Waals surface area contributed by atoms with Gasteiger partial charge in [-0.25, -0.2) is 12.8 Å². The number of hydrogen-bond donors (Lipinski definition) is 4. The Kier molecular flexibility index (Phi) is 7.38. The molecular formula is C22H26FN3O6S.